The van der Waals surface area contributed by atoms with Gasteiger partial charge in [-0.1, -0.05) is 6.07 Å². The number of hydrogen-bond donors (Lipinski definition) is 2. The van der Waals surface area contributed by atoms with Crippen molar-refractivity contribution in [2.75, 3.05) is 30.4 Å². The van der Waals surface area contributed by atoms with E-state index in [-0.39, 0.29) is 11.9 Å². The highest BCUT2D eigenvalue weighted by Gasteiger charge is 2.25. The molecule has 10 heteroatoms. The highest BCUT2D eigenvalue weighted by atomic mass is 16.5. The van der Waals surface area contributed by atoms with Crippen molar-refractivity contribution in [3.63, 3.8) is 0 Å². The monoisotopic (exact) mass is 432 g/mol. The van der Waals surface area contributed by atoms with Crippen LogP contribution in [-0.4, -0.2) is 62.8 Å². The van der Waals surface area contributed by atoms with Gasteiger partial charge in [-0.15, -0.1) is 10.2 Å². The van der Waals surface area contributed by atoms with E-state index in [1.165, 1.54) is 7.11 Å². The predicted octanol–water partition coefficient (Wildman–Crippen LogP) is 2.12. The van der Waals surface area contributed by atoms with Crippen molar-refractivity contribution in [1.29, 1.82) is 0 Å². The second-order valence-electron chi connectivity index (χ2n) is 8.03. The fourth-order valence-corrected chi connectivity index (χ4v) is 4.27. The maximum atomic E-state index is 13.2. The van der Waals surface area contributed by atoms with Crippen LogP contribution in [-0.2, 0) is 0 Å². The Morgan fingerprint density at radius 1 is 1.16 bits per heavy atom. The Morgan fingerprint density at radius 2 is 1.97 bits per heavy atom. The molecular formula is C22H24N8O2. The zero-order chi connectivity index (χ0) is 22.2. The largest absolute Gasteiger partial charge is 0.467 e. The lowest BCUT2D eigenvalue weighted by atomic mass is 10.0. The number of pyridine rings is 1. The molecule has 0 radical (unpaired) electrons. The first-order chi connectivity index (χ1) is 15.5. The summed E-state index contributed by atoms with van der Waals surface area (Å²) in [4.78, 5) is 24.4. The molecule has 0 bridgehead atoms. The Labute approximate surface area is 184 Å². The Hall–Kier alpha value is -3.79. The van der Waals surface area contributed by atoms with Gasteiger partial charge in [-0.05, 0) is 38.1 Å². The number of aromatic nitrogens is 5. The van der Waals surface area contributed by atoms with Gasteiger partial charge >= 0.3 is 6.01 Å². The summed E-state index contributed by atoms with van der Waals surface area (Å²) >= 11 is 0. The summed E-state index contributed by atoms with van der Waals surface area (Å²) in [5.41, 5.74) is 2.58. The van der Waals surface area contributed by atoms with Crippen molar-refractivity contribution in [2.45, 2.75) is 25.9 Å². The smallest absolute Gasteiger partial charge is 0.316 e. The van der Waals surface area contributed by atoms with Gasteiger partial charge in [-0.3, -0.25) is 14.5 Å². The molecule has 0 saturated carbocycles. The average molecular weight is 432 g/mol. The lowest BCUT2D eigenvalue weighted by Crippen LogP contribution is -2.54. The molecule has 2 N–H and O–H groups in total. The molecule has 4 heterocycles. The molecule has 1 fully saturated rings. The number of nitrogens with zero attached hydrogens (tertiary/aromatic N) is 6. The molecule has 0 unspecified atom stereocenters. The van der Waals surface area contributed by atoms with Crippen LogP contribution in [0.5, 0.6) is 6.01 Å². The molecule has 1 aromatic carbocycles. The number of methoxy groups -OCH3 is 1. The molecule has 1 aliphatic rings. The third kappa shape index (κ3) is 3.58. The number of carbonyl (C=O) groups is 1. The molecule has 3 aromatic heterocycles. The number of amides is 1. The van der Waals surface area contributed by atoms with Crippen molar-refractivity contribution >= 4 is 34.1 Å². The maximum Gasteiger partial charge on any atom is 0.316 e. The lowest BCUT2D eigenvalue weighted by molar-refractivity contribution is 0.102. The fraction of sp³-hybridized carbons (Fsp3) is 0.318. The summed E-state index contributed by atoms with van der Waals surface area (Å²) in [6, 6.07) is 10.2. The zero-order valence-corrected chi connectivity index (χ0v) is 18.1. The Bertz CT molecular complexity index is 1290. The Morgan fingerprint density at radius 3 is 2.75 bits per heavy atom. The van der Waals surface area contributed by atoms with E-state index < -0.39 is 0 Å². The van der Waals surface area contributed by atoms with Gasteiger partial charge in [0.1, 0.15) is 0 Å². The summed E-state index contributed by atoms with van der Waals surface area (Å²) in [5.74, 6) is 0.0103. The molecule has 0 spiro atoms. The SMILES string of the molecule is COc1ncc2c(N3C[C@@H](C)N[C@@H](C)C3)ccc(C(=O)Nc3nnc4ccccn34)c2n1. The minimum Gasteiger partial charge on any atom is -0.467 e. The van der Waals surface area contributed by atoms with Crippen LogP contribution in [0.2, 0.25) is 0 Å². The van der Waals surface area contributed by atoms with Crippen molar-refractivity contribution in [1.82, 2.24) is 29.9 Å². The van der Waals surface area contributed by atoms with Crippen molar-refractivity contribution in [3.8, 4) is 6.01 Å². The number of ether oxygens (including phenoxy) is 1. The number of piperazine rings is 1. The van der Waals surface area contributed by atoms with E-state index in [0.29, 0.717) is 34.8 Å². The minimum atomic E-state index is -0.331. The maximum absolute atomic E-state index is 13.2. The number of hydrogen-bond acceptors (Lipinski definition) is 8. The molecular weight excluding hydrogens is 408 g/mol. The summed E-state index contributed by atoms with van der Waals surface area (Å²) in [7, 11) is 1.51. The van der Waals surface area contributed by atoms with Gasteiger partial charge in [0.25, 0.3) is 5.91 Å². The predicted molar refractivity (Wildman–Crippen MR) is 121 cm³/mol. The van der Waals surface area contributed by atoms with Crippen LogP contribution < -0.4 is 20.3 Å². The summed E-state index contributed by atoms with van der Waals surface area (Å²) in [5, 5.41) is 15.4. The number of anilines is 2. The molecule has 2 atom stereocenters. The second kappa shape index (κ2) is 8.04. The number of fused-ring (bicyclic) bond motifs is 2. The van der Waals surface area contributed by atoms with Crippen LogP contribution in [0.4, 0.5) is 11.6 Å². The Kier molecular flexibility index (Phi) is 5.06. The van der Waals surface area contributed by atoms with Gasteiger partial charge in [-0.2, -0.15) is 4.98 Å². The molecule has 0 aliphatic carbocycles. The standard InChI is InChI=1S/C22H24N8O2/c1-13-11-29(12-14(2)24-13)17-8-7-15(19-16(17)10-23-22(25-19)32-3)20(31)26-21-28-27-18-6-4-5-9-30(18)21/h4-10,13-14,24H,11-12H2,1-3H3,(H,26,28,31)/t13-,14+. The van der Waals surface area contributed by atoms with E-state index in [1.54, 1.807) is 22.9 Å². The lowest BCUT2D eigenvalue weighted by Gasteiger charge is -2.38. The van der Waals surface area contributed by atoms with E-state index in [2.05, 4.69) is 49.5 Å². The molecule has 1 aliphatic heterocycles. The minimum absolute atomic E-state index is 0.207. The molecule has 164 valence electrons. The summed E-state index contributed by atoms with van der Waals surface area (Å²) < 4.78 is 6.95. The molecule has 1 amide bonds. The molecule has 4 aromatic rings. The van der Waals surface area contributed by atoms with Gasteiger partial charge in [0.05, 0.1) is 18.2 Å². The van der Waals surface area contributed by atoms with Gasteiger partial charge in [0.15, 0.2) is 5.65 Å². The third-order valence-corrected chi connectivity index (χ3v) is 5.57. The van der Waals surface area contributed by atoms with E-state index in [1.807, 2.05) is 24.3 Å². The first-order valence-electron chi connectivity index (χ1n) is 10.5. The van der Waals surface area contributed by atoms with Gasteiger partial charge in [-0.25, -0.2) is 4.98 Å². The van der Waals surface area contributed by atoms with Crippen LogP contribution >= 0.6 is 0 Å². The first kappa shape index (κ1) is 20.1. The highest BCUT2D eigenvalue weighted by molar-refractivity contribution is 6.13. The van der Waals surface area contributed by atoms with E-state index >= 15 is 0 Å². The van der Waals surface area contributed by atoms with Crippen LogP contribution in [0.3, 0.4) is 0 Å². The molecule has 5 rings (SSSR count). The summed E-state index contributed by atoms with van der Waals surface area (Å²) in [6.45, 7) is 6.02. The topological polar surface area (TPSA) is 110 Å². The van der Waals surface area contributed by atoms with Crippen LogP contribution in [0, 0.1) is 0 Å². The third-order valence-electron chi connectivity index (χ3n) is 5.57. The van der Waals surface area contributed by atoms with Crippen molar-refractivity contribution < 1.29 is 9.53 Å². The molecule has 32 heavy (non-hydrogen) atoms. The van der Waals surface area contributed by atoms with Crippen LogP contribution in [0.25, 0.3) is 16.6 Å². The summed E-state index contributed by atoms with van der Waals surface area (Å²) in [6.07, 6.45) is 3.52. The van der Waals surface area contributed by atoms with Crippen LogP contribution in [0.15, 0.2) is 42.7 Å². The van der Waals surface area contributed by atoms with Crippen molar-refractivity contribution in [3.05, 3.63) is 48.3 Å². The van der Waals surface area contributed by atoms with E-state index in [0.717, 1.165) is 24.2 Å². The van der Waals surface area contributed by atoms with E-state index in [4.69, 9.17) is 4.74 Å². The van der Waals surface area contributed by atoms with E-state index in [9.17, 15) is 4.79 Å². The second-order valence-corrected chi connectivity index (χ2v) is 8.03. The van der Waals surface area contributed by atoms with Crippen molar-refractivity contribution in [2.24, 2.45) is 0 Å². The first-order valence-corrected chi connectivity index (χ1v) is 10.5. The van der Waals surface area contributed by atoms with Gasteiger partial charge < -0.3 is 15.0 Å². The number of rotatable bonds is 4. The quantitative estimate of drug-likeness (QED) is 0.505. The van der Waals surface area contributed by atoms with Gasteiger partial charge in [0.2, 0.25) is 5.95 Å². The van der Waals surface area contributed by atoms with Gasteiger partial charge in [0, 0.05) is 48.6 Å². The molecule has 10 nitrogen and oxygen atoms in total. The number of nitrogens with one attached hydrogen (secondary N) is 2. The Balaban J connectivity index is 1.56. The highest BCUT2D eigenvalue weighted by Crippen LogP contribution is 2.31. The van der Waals surface area contributed by atoms with Crippen LogP contribution in [0.1, 0.15) is 24.2 Å². The number of benzene rings is 1. The molecule has 1 saturated heterocycles. The fourth-order valence-electron chi connectivity index (χ4n) is 4.27. The normalized spacial score (nSPS) is 18.8. The average Bonchev–Trinajstić information content (AvgIpc) is 3.20. The zero-order valence-electron chi connectivity index (χ0n) is 18.1. The number of carbonyl (C=O) groups excluding carboxylic acids is 1.